The third kappa shape index (κ3) is 2.77. The molecule has 104 valence electrons. The van der Waals surface area contributed by atoms with Crippen LogP contribution in [0.3, 0.4) is 0 Å². The predicted octanol–water partition coefficient (Wildman–Crippen LogP) is 1.19. The van der Waals surface area contributed by atoms with Crippen LogP contribution in [0.4, 0.5) is 0 Å². The van der Waals surface area contributed by atoms with Crippen LogP contribution in [0, 0.1) is 6.92 Å². The van der Waals surface area contributed by atoms with Crippen molar-refractivity contribution < 1.29 is 18.3 Å². The van der Waals surface area contributed by atoms with Crippen LogP contribution in [0.15, 0.2) is 29.2 Å². The molecule has 2 rings (SSSR count). The predicted molar refractivity (Wildman–Crippen MR) is 73.8 cm³/mol. The van der Waals surface area contributed by atoms with E-state index in [0.717, 1.165) is 4.31 Å². The van der Waals surface area contributed by atoms with Gasteiger partial charge in [0.25, 0.3) is 0 Å². The van der Waals surface area contributed by atoms with Crippen molar-refractivity contribution in [3.8, 4) is 0 Å². The van der Waals surface area contributed by atoms with Crippen molar-refractivity contribution in [1.29, 1.82) is 0 Å². The molecule has 1 aliphatic heterocycles. The summed E-state index contributed by atoms with van der Waals surface area (Å²) < 4.78 is 26.3. The van der Waals surface area contributed by atoms with Crippen LogP contribution in [0.25, 0.3) is 0 Å². The summed E-state index contributed by atoms with van der Waals surface area (Å²) in [7, 11) is -3.75. The van der Waals surface area contributed by atoms with Gasteiger partial charge in [-0.05, 0) is 18.6 Å². The molecule has 1 saturated heterocycles. The molecule has 0 radical (unpaired) electrons. The summed E-state index contributed by atoms with van der Waals surface area (Å²) in [4.78, 5) is 11.4. The van der Waals surface area contributed by atoms with Gasteiger partial charge in [-0.2, -0.15) is 16.1 Å². The van der Waals surface area contributed by atoms with Crippen LogP contribution in [-0.4, -0.2) is 47.9 Å². The Kier molecular flexibility index (Phi) is 4.17. The fourth-order valence-electron chi connectivity index (χ4n) is 2.04. The summed E-state index contributed by atoms with van der Waals surface area (Å²) in [5.74, 6) is -0.181. The Labute approximate surface area is 116 Å². The second-order valence-corrected chi connectivity index (χ2v) is 7.32. The number of rotatable bonds is 3. The van der Waals surface area contributed by atoms with Crippen LogP contribution in [-0.2, 0) is 14.8 Å². The fourth-order valence-corrected chi connectivity index (χ4v) is 5.10. The average molecular weight is 301 g/mol. The lowest BCUT2D eigenvalue weighted by molar-refractivity contribution is -0.140. The van der Waals surface area contributed by atoms with Gasteiger partial charge in [0.1, 0.15) is 6.04 Å². The van der Waals surface area contributed by atoms with Crippen molar-refractivity contribution in [3.63, 3.8) is 0 Å². The molecule has 1 aliphatic rings. The number of carboxylic acids is 1. The van der Waals surface area contributed by atoms with Gasteiger partial charge >= 0.3 is 5.97 Å². The zero-order valence-electron chi connectivity index (χ0n) is 10.4. The van der Waals surface area contributed by atoms with Gasteiger partial charge in [0, 0.05) is 18.1 Å². The van der Waals surface area contributed by atoms with E-state index in [0.29, 0.717) is 17.1 Å². The minimum absolute atomic E-state index is 0.188. The molecule has 0 aromatic heterocycles. The number of nitrogens with zero attached hydrogens (tertiary/aromatic N) is 1. The van der Waals surface area contributed by atoms with E-state index in [2.05, 4.69) is 0 Å². The molecule has 0 bridgehead atoms. The van der Waals surface area contributed by atoms with Gasteiger partial charge in [-0.25, -0.2) is 8.42 Å². The maximum atomic E-state index is 12.6. The minimum Gasteiger partial charge on any atom is -0.480 e. The third-order valence-electron chi connectivity index (χ3n) is 3.04. The van der Waals surface area contributed by atoms with Crippen LogP contribution in [0.1, 0.15) is 5.56 Å². The second kappa shape index (κ2) is 5.52. The first-order valence-electron chi connectivity index (χ1n) is 5.82. The summed E-state index contributed by atoms with van der Waals surface area (Å²) in [5.41, 5.74) is 0.630. The number of hydrogen-bond acceptors (Lipinski definition) is 4. The van der Waals surface area contributed by atoms with Crippen LogP contribution >= 0.6 is 11.8 Å². The maximum Gasteiger partial charge on any atom is 0.322 e. The number of sulfonamides is 1. The molecule has 19 heavy (non-hydrogen) atoms. The van der Waals surface area contributed by atoms with Crippen LogP contribution in [0.5, 0.6) is 0 Å². The molecule has 1 atom stereocenters. The van der Waals surface area contributed by atoms with E-state index >= 15 is 0 Å². The number of thioether (sulfide) groups is 1. The zero-order chi connectivity index (χ0) is 14.0. The second-order valence-electron chi connectivity index (χ2n) is 4.31. The molecule has 1 N–H and O–H groups in total. The van der Waals surface area contributed by atoms with Gasteiger partial charge in [0.15, 0.2) is 0 Å². The highest BCUT2D eigenvalue weighted by Gasteiger charge is 2.38. The number of carboxylic acid groups (broad SMARTS) is 1. The van der Waals surface area contributed by atoms with E-state index in [1.807, 2.05) is 0 Å². The first-order chi connectivity index (χ1) is 8.94. The molecule has 1 aromatic rings. The summed E-state index contributed by atoms with van der Waals surface area (Å²) >= 11 is 1.46. The molecular weight excluding hydrogens is 286 g/mol. The highest BCUT2D eigenvalue weighted by molar-refractivity contribution is 7.99. The lowest BCUT2D eigenvalue weighted by atomic mass is 10.2. The first-order valence-corrected chi connectivity index (χ1v) is 8.42. The standard InChI is InChI=1S/C12H15NO4S2/c1-9-4-2-3-5-11(9)19(16,17)13-6-7-18-8-10(13)12(14)15/h2-5,10H,6-8H2,1H3,(H,14,15). The van der Waals surface area contributed by atoms with Crippen LogP contribution < -0.4 is 0 Å². The van der Waals surface area contributed by atoms with Crippen molar-refractivity contribution in [2.45, 2.75) is 17.9 Å². The summed E-state index contributed by atoms with van der Waals surface area (Å²) in [6.07, 6.45) is 0. The van der Waals surface area contributed by atoms with Gasteiger partial charge in [0.05, 0.1) is 4.90 Å². The van der Waals surface area contributed by atoms with E-state index in [9.17, 15) is 13.2 Å². The Hall–Kier alpha value is -1.05. The topological polar surface area (TPSA) is 74.7 Å². The summed E-state index contributed by atoms with van der Waals surface area (Å²) in [6, 6.07) is 5.65. The van der Waals surface area contributed by atoms with Gasteiger partial charge in [-0.3, -0.25) is 4.79 Å². The van der Waals surface area contributed by atoms with Gasteiger partial charge in [-0.15, -0.1) is 0 Å². The quantitative estimate of drug-likeness (QED) is 0.907. The van der Waals surface area contributed by atoms with Crippen molar-refractivity contribution in [1.82, 2.24) is 4.31 Å². The highest BCUT2D eigenvalue weighted by Crippen LogP contribution is 2.26. The monoisotopic (exact) mass is 301 g/mol. The Morgan fingerprint density at radius 1 is 1.42 bits per heavy atom. The smallest absolute Gasteiger partial charge is 0.322 e. The van der Waals surface area contributed by atoms with Crippen molar-refractivity contribution in [3.05, 3.63) is 29.8 Å². The Morgan fingerprint density at radius 3 is 2.74 bits per heavy atom. The first kappa shape index (κ1) is 14.4. The Bertz CT molecular complexity index is 585. The average Bonchev–Trinajstić information content (AvgIpc) is 2.39. The molecule has 1 heterocycles. The van der Waals surface area contributed by atoms with E-state index in [1.54, 1.807) is 25.1 Å². The highest BCUT2D eigenvalue weighted by atomic mass is 32.2. The third-order valence-corrected chi connectivity index (χ3v) is 6.14. The van der Waals surface area contributed by atoms with Gasteiger partial charge in [0.2, 0.25) is 10.0 Å². The molecule has 0 aliphatic carbocycles. The number of carbonyl (C=O) groups is 1. The number of aliphatic carboxylic acids is 1. The molecule has 1 unspecified atom stereocenters. The van der Waals surface area contributed by atoms with Gasteiger partial charge in [-0.1, -0.05) is 18.2 Å². The fraction of sp³-hybridized carbons (Fsp3) is 0.417. The van der Waals surface area contributed by atoms with E-state index in [1.165, 1.54) is 17.8 Å². The molecule has 1 aromatic carbocycles. The van der Waals surface area contributed by atoms with Crippen molar-refractivity contribution >= 4 is 27.8 Å². The molecule has 0 amide bonds. The lowest BCUT2D eigenvalue weighted by Crippen LogP contribution is -2.50. The Balaban J connectivity index is 2.43. The molecule has 7 heteroatoms. The number of aryl methyl sites for hydroxylation is 1. The lowest BCUT2D eigenvalue weighted by Gasteiger charge is -2.31. The zero-order valence-corrected chi connectivity index (χ0v) is 12.1. The largest absolute Gasteiger partial charge is 0.480 e. The maximum absolute atomic E-state index is 12.6. The van der Waals surface area contributed by atoms with Gasteiger partial charge < -0.3 is 5.11 Å². The SMILES string of the molecule is Cc1ccccc1S(=O)(=O)N1CCSCC1C(=O)O. The summed E-state index contributed by atoms with van der Waals surface area (Å²) in [5, 5.41) is 9.17. The normalized spacial score (nSPS) is 21.2. The molecule has 0 spiro atoms. The minimum atomic E-state index is -3.75. The van der Waals surface area contributed by atoms with E-state index < -0.39 is 22.0 Å². The molecule has 0 saturated carbocycles. The molecule has 5 nitrogen and oxygen atoms in total. The van der Waals surface area contributed by atoms with Crippen LogP contribution in [0.2, 0.25) is 0 Å². The summed E-state index contributed by atoms with van der Waals surface area (Å²) in [6.45, 7) is 1.94. The van der Waals surface area contributed by atoms with Crippen molar-refractivity contribution in [2.24, 2.45) is 0 Å². The molecular formula is C12H15NO4S2. The number of benzene rings is 1. The van der Waals surface area contributed by atoms with E-state index in [-0.39, 0.29) is 11.4 Å². The van der Waals surface area contributed by atoms with Crippen molar-refractivity contribution in [2.75, 3.05) is 18.1 Å². The number of hydrogen-bond donors (Lipinski definition) is 1. The Morgan fingerprint density at radius 2 is 2.11 bits per heavy atom. The molecule has 1 fully saturated rings. The van der Waals surface area contributed by atoms with E-state index in [4.69, 9.17) is 5.11 Å².